The van der Waals surface area contributed by atoms with Crippen LogP contribution in [0.15, 0.2) is 53.4 Å². The number of carbonyl (C=O) groups is 2. The van der Waals surface area contributed by atoms with Crippen molar-refractivity contribution in [3.05, 3.63) is 64.9 Å². The molecule has 3 rings (SSSR count). The van der Waals surface area contributed by atoms with Crippen molar-refractivity contribution in [2.45, 2.75) is 11.3 Å². The van der Waals surface area contributed by atoms with Crippen LogP contribution in [0.5, 0.6) is 0 Å². The van der Waals surface area contributed by atoms with Crippen LogP contribution in [-0.4, -0.2) is 62.3 Å². The largest absolute Gasteiger partial charge is 0.455 e. The number of nitrogens with zero attached hydrogens (tertiary/aromatic N) is 2. The van der Waals surface area contributed by atoms with E-state index in [9.17, 15) is 22.4 Å². The molecule has 7 nitrogen and oxygen atoms in total. The third-order valence-electron chi connectivity index (χ3n) is 4.69. The van der Waals surface area contributed by atoms with Gasteiger partial charge in [0.15, 0.2) is 6.61 Å². The average molecular weight is 455 g/mol. The van der Waals surface area contributed by atoms with Crippen LogP contribution in [0.1, 0.15) is 5.56 Å². The van der Waals surface area contributed by atoms with Gasteiger partial charge in [-0.1, -0.05) is 29.8 Å². The number of piperazine rings is 1. The van der Waals surface area contributed by atoms with E-state index in [4.69, 9.17) is 16.3 Å². The molecule has 1 aliphatic rings. The van der Waals surface area contributed by atoms with E-state index in [1.165, 1.54) is 51.7 Å². The van der Waals surface area contributed by atoms with E-state index in [0.29, 0.717) is 5.02 Å². The molecule has 2 aromatic carbocycles. The Hall–Kier alpha value is -2.49. The normalized spacial score (nSPS) is 15.1. The van der Waals surface area contributed by atoms with Crippen LogP contribution < -0.4 is 0 Å². The van der Waals surface area contributed by atoms with Gasteiger partial charge < -0.3 is 9.64 Å². The summed E-state index contributed by atoms with van der Waals surface area (Å²) in [6.07, 6.45) is -0.271. The molecular weight excluding hydrogens is 435 g/mol. The third-order valence-corrected chi connectivity index (χ3v) is 6.86. The number of benzene rings is 2. The van der Waals surface area contributed by atoms with Crippen molar-refractivity contribution in [1.82, 2.24) is 9.21 Å². The Kier molecular flexibility index (Phi) is 7.06. The van der Waals surface area contributed by atoms with Crippen molar-refractivity contribution < 1.29 is 27.1 Å². The van der Waals surface area contributed by atoms with Crippen LogP contribution in [0.25, 0.3) is 0 Å². The molecule has 0 radical (unpaired) electrons. The van der Waals surface area contributed by atoms with Crippen LogP contribution >= 0.6 is 11.6 Å². The molecule has 0 saturated carbocycles. The van der Waals surface area contributed by atoms with Gasteiger partial charge in [-0.05, 0) is 35.9 Å². The minimum Gasteiger partial charge on any atom is -0.455 e. The van der Waals surface area contributed by atoms with Gasteiger partial charge in [0, 0.05) is 31.2 Å². The second-order valence-corrected chi connectivity index (χ2v) is 9.04. The molecule has 1 fully saturated rings. The topological polar surface area (TPSA) is 84.0 Å². The summed E-state index contributed by atoms with van der Waals surface area (Å²) in [6, 6.07) is 11.7. The van der Waals surface area contributed by atoms with Crippen LogP contribution in [0, 0.1) is 5.82 Å². The zero-order valence-corrected chi connectivity index (χ0v) is 17.5. The lowest BCUT2D eigenvalue weighted by molar-refractivity contribution is -0.152. The number of amides is 1. The van der Waals surface area contributed by atoms with Crippen molar-refractivity contribution >= 4 is 33.5 Å². The van der Waals surface area contributed by atoms with Crippen LogP contribution in [0.3, 0.4) is 0 Å². The maximum Gasteiger partial charge on any atom is 0.310 e. The van der Waals surface area contributed by atoms with E-state index in [0.717, 1.165) is 0 Å². The first-order chi connectivity index (χ1) is 14.3. The predicted octanol–water partition coefficient (Wildman–Crippen LogP) is 2.10. The molecule has 0 atom stereocenters. The molecule has 0 N–H and O–H groups in total. The zero-order chi connectivity index (χ0) is 21.7. The zero-order valence-electron chi connectivity index (χ0n) is 16.0. The quantitative estimate of drug-likeness (QED) is 0.624. The molecule has 160 valence electrons. The van der Waals surface area contributed by atoms with Crippen molar-refractivity contribution in [3.8, 4) is 0 Å². The molecule has 0 aromatic heterocycles. The maximum absolute atomic E-state index is 13.6. The van der Waals surface area contributed by atoms with Crippen molar-refractivity contribution in [3.63, 3.8) is 0 Å². The number of ether oxygens (including phenoxy) is 1. The van der Waals surface area contributed by atoms with Gasteiger partial charge in [0.1, 0.15) is 5.82 Å². The minimum absolute atomic E-state index is 0.125. The highest BCUT2D eigenvalue weighted by atomic mass is 35.5. The minimum atomic E-state index is -3.68. The molecule has 0 spiro atoms. The second kappa shape index (κ2) is 9.55. The average Bonchev–Trinajstić information content (AvgIpc) is 2.74. The Morgan fingerprint density at radius 3 is 2.27 bits per heavy atom. The van der Waals surface area contributed by atoms with Crippen molar-refractivity contribution in [2.24, 2.45) is 0 Å². The Labute approximate surface area is 179 Å². The molecule has 0 aliphatic carbocycles. The lowest BCUT2D eigenvalue weighted by atomic mass is 10.1. The summed E-state index contributed by atoms with van der Waals surface area (Å²) in [7, 11) is -3.68. The standard InChI is InChI=1S/C20H20ClFN2O5S/c21-16-5-7-17(8-6-16)30(27,28)24-11-9-23(10-12-24)19(25)14-29-20(26)13-15-3-1-2-4-18(15)22/h1-8H,9-14H2. The van der Waals surface area contributed by atoms with Crippen molar-refractivity contribution in [1.29, 1.82) is 0 Å². The first-order valence-corrected chi connectivity index (χ1v) is 11.0. The molecule has 0 bridgehead atoms. The lowest BCUT2D eigenvalue weighted by Crippen LogP contribution is -2.51. The summed E-state index contributed by atoms with van der Waals surface area (Å²) >= 11 is 5.80. The van der Waals surface area contributed by atoms with Crippen LogP contribution in [0.2, 0.25) is 5.02 Å². The van der Waals surface area contributed by atoms with Crippen LogP contribution in [0.4, 0.5) is 4.39 Å². The van der Waals surface area contributed by atoms with E-state index in [1.807, 2.05) is 0 Å². The van der Waals surface area contributed by atoms with E-state index in [-0.39, 0.29) is 43.1 Å². The summed E-state index contributed by atoms with van der Waals surface area (Å²) in [5.74, 6) is -1.66. The lowest BCUT2D eigenvalue weighted by Gasteiger charge is -2.33. The first kappa shape index (κ1) is 22.2. The summed E-state index contributed by atoms with van der Waals surface area (Å²) in [5.41, 5.74) is 0.191. The first-order valence-electron chi connectivity index (χ1n) is 9.20. The Morgan fingerprint density at radius 1 is 1.00 bits per heavy atom. The third kappa shape index (κ3) is 5.35. The van der Waals surface area contributed by atoms with Crippen molar-refractivity contribution in [2.75, 3.05) is 32.8 Å². The van der Waals surface area contributed by atoms with Gasteiger partial charge in [0.25, 0.3) is 5.91 Å². The molecular formula is C20H20ClFN2O5S. The molecule has 1 aliphatic heterocycles. The number of carbonyl (C=O) groups excluding carboxylic acids is 2. The molecule has 1 heterocycles. The molecule has 1 amide bonds. The van der Waals surface area contributed by atoms with E-state index >= 15 is 0 Å². The van der Waals surface area contributed by atoms with Gasteiger partial charge in [0.05, 0.1) is 11.3 Å². The predicted molar refractivity (Wildman–Crippen MR) is 108 cm³/mol. The highest BCUT2D eigenvalue weighted by molar-refractivity contribution is 7.89. The molecule has 1 saturated heterocycles. The maximum atomic E-state index is 13.6. The molecule has 10 heteroatoms. The Morgan fingerprint density at radius 2 is 1.63 bits per heavy atom. The van der Waals surface area contributed by atoms with Gasteiger partial charge >= 0.3 is 5.97 Å². The highest BCUT2D eigenvalue weighted by Crippen LogP contribution is 2.20. The van der Waals surface area contributed by atoms with Gasteiger partial charge in [-0.3, -0.25) is 9.59 Å². The highest BCUT2D eigenvalue weighted by Gasteiger charge is 2.30. The number of sulfonamides is 1. The van der Waals surface area contributed by atoms with Crippen LogP contribution in [-0.2, 0) is 30.8 Å². The fraction of sp³-hybridized carbons (Fsp3) is 0.300. The molecule has 0 unspecified atom stereocenters. The molecule has 2 aromatic rings. The van der Waals surface area contributed by atoms with Gasteiger partial charge in [-0.15, -0.1) is 0 Å². The number of hydrogen-bond acceptors (Lipinski definition) is 5. The van der Waals surface area contributed by atoms with E-state index in [2.05, 4.69) is 0 Å². The smallest absolute Gasteiger partial charge is 0.310 e. The van der Waals surface area contributed by atoms with Gasteiger partial charge in [-0.25, -0.2) is 12.8 Å². The Bertz CT molecular complexity index is 1020. The fourth-order valence-electron chi connectivity index (χ4n) is 3.02. The number of rotatable bonds is 6. The number of halogens is 2. The monoisotopic (exact) mass is 454 g/mol. The van der Waals surface area contributed by atoms with Gasteiger partial charge in [0.2, 0.25) is 10.0 Å². The number of hydrogen-bond donors (Lipinski definition) is 0. The van der Waals surface area contributed by atoms with E-state index in [1.54, 1.807) is 6.07 Å². The fourth-order valence-corrected chi connectivity index (χ4v) is 4.56. The van der Waals surface area contributed by atoms with Gasteiger partial charge in [-0.2, -0.15) is 4.31 Å². The summed E-state index contributed by atoms with van der Waals surface area (Å²) < 4.78 is 45.2. The SMILES string of the molecule is O=C(Cc1ccccc1F)OCC(=O)N1CCN(S(=O)(=O)c2ccc(Cl)cc2)CC1. The number of esters is 1. The summed E-state index contributed by atoms with van der Waals surface area (Å²) in [4.78, 5) is 25.7. The summed E-state index contributed by atoms with van der Waals surface area (Å²) in [5, 5.41) is 0.439. The second-order valence-electron chi connectivity index (χ2n) is 6.67. The summed E-state index contributed by atoms with van der Waals surface area (Å²) in [6.45, 7) is 0.129. The van der Waals surface area contributed by atoms with E-state index < -0.39 is 34.3 Å². The Balaban J connectivity index is 1.48. The molecule has 30 heavy (non-hydrogen) atoms.